The number of nitrogen functional groups attached to an aromatic ring is 1. The lowest BCUT2D eigenvalue weighted by molar-refractivity contribution is 0.477. The van der Waals surface area contributed by atoms with E-state index in [1.165, 1.54) is 18.2 Å². The van der Waals surface area contributed by atoms with Crippen LogP contribution in [-0.4, -0.2) is 13.5 Å². The Morgan fingerprint density at radius 2 is 1.72 bits per heavy atom. The summed E-state index contributed by atoms with van der Waals surface area (Å²) in [7, 11) is -3.44. The first-order valence-electron chi connectivity index (χ1n) is 5.34. The summed E-state index contributed by atoms with van der Waals surface area (Å²) in [5.41, 5.74) is 6.27. The lowest BCUT2D eigenvalue weighted by Gasteiger charge is -2.06. The Bertz CT molecular complexity index is 651. The number of hydrogen-bond acceptors (Lipinski definition) is 4. The molecule has 0 saturated carbocycles. The number of phenols is 1. The van der Waals surface area contributed by atoms with Crippen molar-refractivity contribution < 1.29 is 13.5 Å². The van der Waals surface area contributed by atoms with E-state index < -0.39 is 9.84 Å². The molecule has 4 nitrogen and oxygen atoms in total. The van der Waals surface area contributed by atoms with Crippen molar-refractivity contribution in [2.45, 2.75) is 10.6 Å². The summed E-state index contributed by atoms with van der Waals surface area (Å²) in [5.74, 6) is -0.202. The van der Waals surface area contributed by atoms with Gasteiger partial charge in [-0.2, -0.15) is 0 Å². The number of hydrogen-bond donors (Lipinski definition) is 2. The summed E-state index contributed by atoms with van der Waals surface area (Å²) < 4.78 is 24.3. The van der Waals surface area contributed by atoms with Gasteiger partial charge in [0.2, 0.25) is 0 Å². The number of sulfone groups is 1. The lowest BCUT2D eigenvalue weighted by atomic mass is 10.2. The van der Waals surface area contributed by atoms with Crippen molar-refractivity contribution in [2.75, 3.05) is 5.73 Å². The number of aromatic hydroxyl groups is 1. The van der Waals surface area contributed by atoms with Gasteiger partial charge in [0.15, 0.2) is 9.84 Å². The molecule has 3 N–H and O–H groups in total. The molecule has 2 aromatic carbocycles. The van der Waals surface area contributed by atoms with Gasteiger partial charge < -0.3 is 10.8 Å². The molecule has 0 fully saturated rings. The van der Waals surface area contributed by atoms with Crippen LogP contribution in [0, 0.1) is 0 Å². The lowest BCUT2D eigenvalue weighted by Crippen LogP contribution is -2.05. The van der Waals surface area contributed by atoms with Crippen molar-refractivity contribution in [2.24, 2.45) is 0 Å². The highest BCUT2D eigenvalue weighted by Gasteiger charge is 2.16. The average Bonchev–Trinajstić information content (AvgIpc) is 2.33. The molecule has 0 bridgehead atoms. The smallest absolute Gasteiger partial charge is 0.182 e. The molecule has 0 radical (unpaired) electrons. The first kappa shape index (κ1) is 12.4. The summed E-state index contributed by atoms with van der Waals surface area (Å²) in [6.45, 7) is 0. The van der Waals surface area contributed by atoms with Crippen LogP contribution in [0.5, 0.6) is 5.75 Å². The quantitative estimate of drug-likeness (QED) is 0.655. The molecule has 0 heterocycles. The Morgan fingerprint density at radius 1 is 1.06 bits per heavy atom. The minimum absolute atomic E-state index is 0.0594. The fourth-order valence-electron chi connectivity index (χ4n) is 1.60. The second kappa shape index (κ2) is 4.70. The Kier molecular flexibility index (Phi) is 3.25. The molecule has 2 rings (SSSR count). The second-order valence-corrected chi connectivity index (χ2v) is 5.95. The minimum atomic E-state index is -3.44. The van der Waals surface area contributed by atoms with Gasteiger partial charge in [0, 0.05) is 0 Å². The van der Waals surface area contributed by atoms with Crippen molar-refractivity contribution in [3.63, 3.8) is 0 Å². The van der Waals surface area contributed by atoms with Crippen LogP contribution in [0.4, 0.5) is 5.69 Å². The van der Waals surface area contributed by atoms with Crippen LogP contribution in [0.15, 0.2) is 53.4 Å². The van der Waals surface area contributed by atoms with Crippen LogP contribution in [0.25, 0.3) is 0 Å². The van der Waals surface area contributed by atoms with Crippen molar-refractivity contribution in [3.05, 3.63) is 54.1 Å². The van der Waals surface area contributed by atoms with E-state index in [9.17, 15) is 13.5 Å². The van der Waals surface area contributed by atoms with Crippen LogP contribution in [0.1, 0.15) is 5.56 Å². The summed E-state index contributed by atoms with van der Waals surface area (Å²) in [5, 5.41) is 9.28. The predicted octanol–water partition coefficient (Wildman–Crippen LogP) is 1.95. The molecule has 0 saturated heterocycles. The van der Waals surface area contributed by atoms with E-state index >= 15 is 0 Å². The molecule has 0 unspecified atom stereocenters. The largest absolute Gasteiger partial charge is 0.506 e. The number of nitrogens with two attached hydrogens (primary N) is 1. The van der Waals surface area contributed by atoms with E-state index in [4.69, 9.17) is 5.73 Å². The molecule has 0 spiro atoms. The topological polar surface area (TPSA) is 80.4 Å². The number of benzene rings is 2. The van der Waals surface area contributed by atoms with Gasteiger partial charge in [0.05, 0.1) is 16.3 Å². The first-order chi connectivity index (χ1) is 8.49. The zero-order chi connectivity index (χ0) is 13.2. The molecular formula is C13H13NO3S. The first-order valence-corrected chi connectivity index (χ1v) is 6.99. The Labute approximate surface area is 106 Å². The number of rotatable bonds is 3. The molecule has 0 atom stereocenters. The third-order valence-corrected chi connectivity index (χ3v) is 4.24. The normalized spacial score (nSPS) is 11.3. The van der Waals surface area contributed by atoms with Crippen LogP contribution >= 0.6 is 0 Å². The Balaban J connectivity index is 2.34. The summed E-state index contributed by atoms with van der Waals surface area (Å²) in [6, 6.07) is 12.8. The summed E-state index contributed by atoms with van der Waals surface area (Å²) >= 11 is 0. The van der Waals surface area contributed by atoms with Gasteiger partial charge in [-0.05, 0) is 23.8 Å². The third-order valence-electron chi connectivity index (χ3n) is 2.56. The minimum Gasteiger partial charge on any atom is -0.506 e. The van der Waals surface area contributed by atoms with Crippen LogP contribution in [-0.2, 0) is 15.6 Å². The maximum absolute atomic E-state index is 12.1. The van der Waals surface area contributed by atoms with E-state index in [2.05, 4.69) is 0 Å². The van der Waals surface area contributed by atoms with Gasteiger partial charge in [-0.1, -0.05) is 30.3 Å². The maximum atomic E-state index is 12.1. The molecule has 0 aromatic heterocycles. The van der Waals surface area contributed by atoms with Gasteiger partial charge in [-0.15, -0.1) is 0 Å². The predicted molar refractivity (Wildman–Crippen MR) is 69.9 cm³/mol. The number of phenolic OH excluding ortho intramolecular Hbond substituents is 1. The summed E-state index contributed by atoms with van der Waals surface area (Å²) in [6.07, 6.45) is 0. The van der Waals surface area contributed by atoms with Crippen molar-refractivity contribution in [1.29, 1.82) is 0 Å². The fraction of sp³-hybridized carbons (Fsp3) is 0.0769. The molecule has 94 valence electrons. The Morgan fingerprint density at radius 3 is 2.33 bits per heavy atom. The molecule has 0 aliphatic carbocycles. The Hall–Kier alpha value is -2.01. The third kappa shape index (κ3) is 2.62. The van der Waals surface area contributed by atoms with Crippen LogP contribution < -0.4 is 5.73 Å². The summed E-state index contributed by atoms with van der Waals surface area (Å²) in [4.78, 5) is 0.113. The maximum Gasteiger partial charge on any atom is 0.182 e. The van der Waals surface area contributed by atoms with Crippen LogP contribution in [0.2, 0.25) is 0 Å². The molecular weight excluding hydrogens is 250 g/mol. The van der Waals surface area contributed by atoms with Crippen molar-refractivity contribution >= 4 is 15.5 Å². The highest BCUT2D eigenvalue weighted by molar-refractivity contribution is 7.90. The zero-order valence-corrected chi connectivity index (χ0v) is 10.4. The molecule has 18 heavy (non-hydrogen) atoms. The van der Waals surface area contributed by atoms with Crippen molar-refractivity contribution in [3.8, 4) is 5.75 Å². The second-order valence-electron chi connectivity index (χ2n) is 3.97. The molecule has 0 aliphatic rings. The van der Waals surface area contributed by atoms with Gasteiger partial charge >= 0.3 is 0 Å². The van der Waals surface area contributed by atoms with Crippen LogP contribution in [0.3, 0.4) is 0 Å². The molecule has 0 amide bonds. The van der Waals surface area contributed by atoms with Gasteiger partial charge in [0.1, 0.15) is 5.75 Å². The van der Waals surface area contributed by atoms with E-state index in [1.807, 2.05) is 6.07 Å². The van der Waals surface area contributed by atoms with E-state index in [1.54, 1.807) is 24.3 Å². The average molecular weight is 263 g/mol. The highest BCUT2D eigenvalue weighted by Crippen LogP contribution is 2.25. The molecule has 0 aliphatic heterocycles. The van der Waals surface area contributed by atoms with E-state index in [0.29, 0.717) is 5.56 Å². The zero-order valence-electron chi connectivity index (χ0n) is 9.58. The van der Waals surface area contributed by atoms with E-state index in [0.717, 1.165) is 0 Å². The highest BCUT2D eigenvalue weighted by atomic mass is 32.2. The number of anilines is 1. The molecule has 2 aromatic rings. The van der Waals surface area contributed by atoms with Crippen molar-refractivity contribution in [1.82, 2.24) is 0 Å². The van der Waals surface area contributed by atoms with Gasteiger partial charge in [-0.25, -0.2) is 8.42 Å². The van der Waals surface area contributed by atoms with E-state index in [-0.39, 0.29) is 22.1 Å². The monoisotopic (exact) mass is 263 g/mol. The molecule has 5 heteroatoms. The fourth-order valence-corrected chi connectivity index (χ4v) is 2.98. The van der Waals surface area contributed by atoms with Gasteiger partial charge in [0.25, 0.3) is 0 Å². The SMILES string of the molecule is Nc1cc(S(=O)(=O)Cc2ccccc2)ccc1O. The van der Waals surface area contributed by atoms with Gasteiger partial charge in [-0.3, -0.25) is 0 Å². The standard InChI is InChI=1S/C13H13NO3S/c14-12-8-11(6-7-13(12)15)18(16,17)9-10-4-2-1-3-5-10/h1-8,15H,9,14H2.